The van der Waals surface area contributed by atoms with Crippen molar-refractivity contribution in [1.82, 2.24) is 4.90 Å². The summed E-state index contributed by atoms with van der Waals surface area (Å²) in [5, 5.41) is 12.6. The van der Waals surface area contributed by atoms with E-state index in [4.69, 9.17) is 15.7 Å². The van der Waals surface area contributed by atoms with Crippen molar-refractivity contribution in [1.29, 1.82) is 5.26 Å². The molecule has 0 saturated carbocycles. The van der Waals surface area contributed by atoms with Gasteiger partial charge in [-0.15, -0.1) is 11.3 Å². The maximum absolute atomic E-state index is 11.5. The highest BCUT2D eigenvalue weighted by Crippen LogP contribution is 2.35. The van der Waals surface area contributed by atoms with Crippen molar-refractivity contribution in [3.05, 3.63) is 64.0 Å². The number of rotatable bonds is 5. The van der Waals surface area contributed by atoms with Gasteiger partial charge in [0.05, 0.1) is 30.0 Å². The van der Waals surface area contributed by atoms with Crippen LogP contribution in [0, 0.1) is 11.3 Å². The van der Waals surface area contributed by atoms with E-state index in [9.17, 15) is 4.79 Å². The molecule has 0 aliphatic carbocycles. The third-order valence-electron chi connectivity index (χ3n) is 6.93. The fourth-order valence-corrected chi connectivity index (χ4v) is 6.10. The van der Waals surface area contributed by atoms with E-state index in [1.165, 1.54) is 26.9 Å². The van der Waals surface area contributed by atoms with E-state index in [1.807, 2.05) is 30.3 Å². The smallest absolute Gasteiger partial charge is 0.248 e. The molecule has 3 aromatic rings. The van der Waals surface area contributed by atoms with Gasteiger partial charge < -0.3 is 15.4 Å². The number of nitriles is 1. The lowest BCUT2D eigenvalue weighted by molar-refractivity contribution is 0.0255. The molecule has 0 unspecified atom stereocenters. The molecule has 6 nitrogen and oxygen atoms in total. The van der Waals surface area contributed by atoms with Crippen LogP contribution in [-0.2, 0) is 11.2 Å². The molecule has 2 aliphatic rings. The first-order valence-electron chi connectivity index (χ1n) is 11.5. The Morgan fingerprint density at radius 1 is 1.27 bits per heavy atom. The van der Waals surface area contributed by atoms with Gasteiger partial charge in [0.1, 0.15) is 0 Å². The number of ether oxygens (including phenoxy) is 1. The van der Waals surface area contributed by atoms with Gasteiger partial charge in [-0.25, -0.2) is 0 Å². The van der Waals surface area contributed by atoms with Crippen molar-refractivity contribution in [3.8, 4) is 6.07 Å². The van der Waals surface area contributed by atoms with Crippen LogP contribution in [0.3, 0.4) is 0 Å². The molecule has 0 spiro atoms. The van der Waals surface area contributed by atoms with Crippen LogP contribution in [0.5, 0.6) is 0 Å². The average Bonchev–Trinajstić information content (AvgIpc) is 3.26. The average molecular weight is 461 g/mol. The number of carbonyl (C=O) groups excluding carboxylic acids is 1. The number of hydrogen-bond donors (Lipinski definition) is 1. The molecule has 2 N–H and O–H groups in total. The fraction of sp³-hybridized carbons (Fsp3) is 0.385. The minimum atomic E-state index is -0.378. The Morgan fingerprint density at radius 2 is 2.15 bits per heavy atom. The standard InChI is InChI=1S/C26H28N4O2S/c1-17-15-30(23-16-33-25-12-18(14-27)2-4-22(23)25)10-9-29(17)8-6-24-21-5-3-20(26(28)31)13-19(21)7-11-32-24/h2-5,12-13,16-17,24H,6-11,15H2,1H3,(H2,28,31)/t17-,24+/m1/s1. The summed E-state index contributed by atoms with van der Waals surface area (Å²) >= 11 is 1.71. The maximum Gasteiger partial charge on any atom is 0.248 e. The summed E-state index contributed by atoms with van der Waals surface area (Å²) in [6.07, 6.45) is 1.83. The highest BCUT2D eigenvalue weighted by molar-refractivity contribution is 7.17. The Labute approximate surface area is 198 Å². The van der Waals surface area contributed by atoms with Crippen LogP contribution in [0.15, 0.2) is 41.8 Å². The molecule has 5 rings (SSSR count). The number of anilines is 1. The number of piperazine rings is 1. The molecule has 2 aliphatic heterocycles. The van der Waals surface area contributed by atoms with Crippen molar-refractivity contribution < 1.29 is 9.53 Å². The van der Waals surface area contributed by atoms with Crippen LogP contribution < -0.4 is 10.6 Å². The normalized spacial score (nSPS) is 21.0. The number of thiophene rings is 1. The summed E-state index contributed by atoms with van der Waals surface area (Å²) in [5.74, 6) is -0.378. The zero-order valence-electron chi connectivity index (χ0n) is 18.8. The lowest BCUT2D eigenvalue weighted by atomic mass is 9.93. The molecule has 2 aromatic carbocycles. The summed E-state index contributed by atoms with van der Waals surface area (Å²) in [6, 6.07) is 14.4. The summed E-state index contributed by atoms with van der Waals surface area (Å²) in [6.45, 7) is 6.93. The first-order valence-corrected chi connectivity index (χ1v) is 12.4. The lowest BCUT2D eigenvalue weighted by Gasteiger charge is -2.41. The first-order chi connectivity index (χ1) is 16.0. The second-order valence-corrected chi connectivity index (χ2v) is 9.86. The molecule has 33 heavy (non-hydrogen) atoms. The zero-order valence-corrected chi connectivity index (χ0v) is 19.6. The third kappa shape index (κ3) is 4.34. The van der Waals surface area contributed by atoms with Gasteiger partial charge in [-0.05, 0) is 55.2 Å². The van der Waals surface area contributed by atoms with E-state index in [0.29, 0.717) is 23.8 Å². The molecule has 170 valence electrons. The second kappa shape index (κ2) is 9.14. The maximum atomic E-state index is 11.5. The number of nitrogens with zero attached hydrogens (tertiary/aromatic N) is 3. The number of amides is 1. The topological polar surface area (TPSA) is 82.6 Å². The van der Waals surface area contributed by atoms with Gasteiger partial charge in [0.15, 0.2) is 0 Å². The quantitative estimate of drug-likeness (QED) is 0.620. The molecular weight excluding hydrogens is 432 g/mol. The highest BCUT2D eigenvalue weighted by atomic mass is 32.1. The molecule has 7 heteroatoms. The summed E-state index contributed by atoms with van der Waals surface area (Å²) < 4.78 is 7.28. The Balaban J connectivity index is 1.23. The molecule has 1 amide bonds. The van der Waals surface area contributed by atoms with Gasteiger partial charge in [0.25, 0.3) is 0 Å². The van der Waals surface area contributed by atoms with E-state index in [0.717, 1.165) is 39.0 Å². The van der Waals surface area contributed by atoms with Crippen molar-refractivity contribution in [2.75, 3.05) is 37.7 Å². The van der Waals surface area contributed by atoms with Crippen molar-refractivity contribution >= 4 is 33.0 Å². The van der Waals surface area contributed by atoms with Crippen molar-refractivity contribution in [2.45, 2.75) is 31.9 Å². The van der Waals surface area contributed by atoms with Crippen LogP contribution >= 0.6 is 11.3 Å². The molecule has 1 aromatic heterocycles. The van der Waals surface area contributed by atoms with Crippen LogP contribution in [0.2, 0.25) is 0 Å². The summed E-state index contributed by atoms with van der Waals surface area (Å²) in [4.78, 5) is 16.5. The number of hydrogen-bond acceptors (Lipinski definition) is 6. The fourth-order valence-electron chi connectivity index (χ4n) is 5.09. The van der Waals surface area contributed by atoms with Gasteiger partial charge in [0.2, 0.25) is 5.91 Å². The van der Waals surface area contributed by atoms with E-state index >= 15 is 0 Å². The van der Waals surface area contributed by atoms with E-state index in [-0.39, 0.29) is 12.0 Å². The van der Waals surface area contributed by atoms with Gasteiger partial charge in [-0.2, -0.15) is 5.26 Å². The Morgan fingerprint density at radius 3 is 2.94 bits per heavy atom. The molecule has 1 saturated heterocycles. The molecule has 2 atom stereocenters. The SMILES string of the molecule is C[C@@H]1CN(c2csc3cc(C#N)ccc23)CCN1CC[C@@H]1OCCc2cc(C(N)=O)ccc21. The molecule has 0 bridgehead atoms. The molecule has 3 heterocycles. The number of carbonyl (C=O) groups is 1. The molecule has 1 fully saturated rings. The zero-order chi connectivity index (χ0) is 22.9. The number of fused-ring (bicyclic) bond motifs is 2. The Hall–Kier alpha value is -2.92. The Bertz CT molecular complexity index is 1230. The largest absolute Gasteiger partial charge is 0.373 e. The van der Waals surface area contributed by atoms with Crippen LogP contribution in [0.25, 0.3) is 10.1 Å². The monoisotopic (exact) mass is 460 g/mol. The van der Waals surface area contributed by atoms with Crippen LogP contribution in [0.4, 0.5) is 5.69 Å². The predicted molar refractivity (Wildman–Crippen MR) is 132 cm³/mol. The van der Waals surface area contributed by atoms with Crippen LogP contribution in [0.1, 0.15) is 46.5 Å². The number of benzene rings is 2. The predicted octanol–water partition coefficient (Wildman–Crippen LogP) is 4.09. The third-order valence-corrected chi connectivity index (χ3v) is 7.87. The van der Waals surface area contributed by atoms with Crippen molar-refractivity contribution in [2.24, 2.45) is 5.73 Å². The molecular formula is C26H28N4O2S. The summed E-state index contributed by atoms with van der Waals surface area (Å²) in [5.41, 5.74) is 10.4. The number of primary amides is 1. The van der Waals surface area contributed by atoms with Gasteiger partial charge in [-0.1, -0.05) is 12.1 Å². The molecule has 0 radical (unpaired) electrons. The minimum Gasteiger partial charge on any atom is -0.373 e. The van der Waals surface area contributed by atoms with Gasteiger partial charge in [-0.3, -0.25) is 9.69 Å². The first kappa shape index (κ1) is 21.9. The van der Waals surface area contributed by atoms with E-state index < -0.39 is 0 Å². The van der Waals surface area contributed by atoms with Gasteiger partial charge in [0, 0.05) is 53.3 Å². The summed E-state index contributed by atoms with van der Waals surface area (Å²) in [7, 11) is 0. The van der Waals surface area contributed by atoms with Gasteiger partial charge >= 0.3 is 0 Å². The minimum absolute atomic E-state index is 0.0658. The van der Waals surface area contributed by atoms with E-state index in [2.05, 4.69) is 34.2 Å². The number of nitrogens with two attached hydrogens (primary N) is 1. The van der Waals surface area contributed by atoms with Crippen molar-refractivity contribution in [3.63, 3.8) is 0 Å². The Kier molecular flexibility index (Phi) is 6.07. The highest BCUT2D eigenvalue weighted by Gasteiger charge is 2.28. The second-order valence-electron chi connectivity index (χ2n) is 8.95. The van der Waals surface area contributed by atoms with E-state index in [1.54, 1.807) is 11.3 Å². The lowest BCUT2D eigenvalue weighted by Crippen LogP contribution is -2.52. The van der Waals surface area contributed by atoms with Crippen LogP contribution in [-0.4, -0.2) is 49.6 Å².